The Bertz CT molecular complexity index is 831. The van der Waals surface area contributed by atoms with Gasteiger partial charge in [0.2, 0.25) is 0 Å². The molecule has 0 bridgehead atoms. The van der Waals surface area contributed by atoms with E-state index in [0.29, 0.717) is 29.1 Å². The number of rotatable bonds is 2. The van der Waals surface area contributed by atoms with Crippen LogP contribution in [0.1, 0.15) is 11.1 Å². The van der Waals surface area contributed by atoms with Crippen molar-refractivity contribution < 1.29 is 5.11 Å². The van der Waals surface area contributed by atoms with Gasteiger partial charge in [-0.2, -0.15) is 0 Å². The molecular weight excluding hydrogens is 254 g/mol. The van der Waals surface area contributed by atoms with Crippen LogP contribution in [0.3, 0.4) is 0 Å². The van der Waals surface area contributed by atoms with E-state index in [2.05, 4.69) is 20.9 Å². The topological polar surface area (TPSA) is 89.9 Å². The van der Waals surface area contributed by atoms with Crippen molar-refractivity contribution >= 4 is 17.0 Å². The van der Waals surface area contributed by atoms with E-state index >= 15 is 0 Å². The van der Waals surface area contributed by atoms with E-state index in [4.69, 9.17) is 12.2 Å². The molecular formula is C14H11N5O. The number of terminal acetylenes is 1. The first-order valence-corrected chi connectivity index (χ1v) is 5.89. The highest BCUT2D eigenvalue weighted by Crippen LogP contribution is 2.22. The van der Waals surface area contributed by atoms with Gasteiger partial charge in [0.25, 0.3) is 0 Å². The van der Waals surface area contributed by atoms with Gasteiger partial charge in [-0.05, 0) is 12.1 Å². The summed E-state index contributed by atoms with van der Waals surface area (Å²) >= 11 is 0. The van der Waals surface area contributed by atoms with Crippen LogP contribution in [0, 0.1) is 12.3 Å². The molecule has 0 atom stereocenters. The lowest BCUT2D eigenvalue weighted by atomic mass is 10.1. The summed E-state index contributed by atoms with van der Waals surface area (Å²) in [6, 6.07) is 5.11. The minimum atomic E-state index is 0.143. The Morgan fingerprint density at radius 1 is 1.30 bits per heavy atom. The molecule has 6 nitrogen and oxygen atoms in total. The monoisotopic (exact) mass is 265 g/mol. The molecule has 2 heterocycles. The number of hydrogen-bond acceptors (Lipinski definition) is 5. The maximum absolute atomic E-state index is 9.96. The first-order chi connectivity index (χ1) is 9.69. The predicted octanol–water partition coefficient (Wildman–Crippen LogP) is 1.14. The van der Waals surface area contributed by atoms with Crippen LogP contribution in [0.4, 0.5) is 5.82 Å². The molecule has 3 N–H and O–H groups in total. The van der Waals surface area contributed by atoms with Crippen LogP contribution < -0.4 is 5.73 Å². The second kappa shape index (κ2) is 4.55. The zero-order valence-electron chi connectivity index (χ0n) is 10.5. The number of aromatic hydroxyl groups is 1. The molecule has 1 aromatic carbocycles. The minimum absolute atomic E-state index is 0.143. The van der Waals surface area contributed by atoms with Crippen molar-refractivity contribution in [2.24, 2.45) is 0 Å². The first kappa shape index (κ1) is 12.0. The molecule has 98 valence electrons. The van der Waals surface area contributed by atoms with Crippen LogP contribution in [0.5, 0.6) is 5.75 Å². The Labute approximate surface area is 114 Å². The molecule has 0 spiro atoms. The molecule has 0 aliphatic rings. The van der Waals surface area contributed by atoms with Crippen molar-refractivity contribution in [2.45, 2.75) is 6.54 Å². The van der Waals surface area contributed by atoms with E-state index in [9.17, 15) is 5.11 Å². The minimum Gasteiger partial charge on any atom is -0.508 e. The fourth-order valence-corrected chi connectivity index (χ4v) is 1.99. The lowest BCUT2D eigenvalue weighted by Gasteiger charge is -2.07. The highest BCUT2D eigenvalue weighted by atomic mass is 16.3. The number of nitrogens with two attached hydrogens (primary N) is 1. The Morgan fingerprint density at radius 2 is 2.15 bits per heavy atom. The third kappa shape index (κ3) is 1.91. The van der Waals surface area contributed by atoms with Gasteiger partial charge in [-0.3, -0.25) is 0 Å². The predicted molar refractivity (Wildman–Crippen MR) is 74.9 cm³/mol. The molecule has 6 heteroatoms. The first-order valence-electron chi connectivity index (χ1n) is 5.89. The molecule has 3 aromatic rings. The summed E-state index contributed by atoms with van der Waals surface area (Å²) in [5.74, 6) is 2.95. The summed E-state index contributed by atoms with van der Waals surface area (Å²) in [7, 11) is 0. The van der Waals surface area contributed by atoms with Gasteiger partial charge in [0.05, 0.1) is 12.9 Å². The summed E-state index contributed by atoms with van der Waals surface area (Å²) < 4.78 is 1.79. The van der Waals surface area contributed by atoms with Gasteiger partial charge in [-0.1, -0.05) is 12.0 Å². The van der Waals surface area contributed by atoms with Gasteiger partial charge in [0, 0.05) is 11.1 Å². The van der Waals surface area contributed by atoms with E-state index in [-0.39, 0.29) is 5.75 Å². The number of phenols is 1. The molecule has 0 saturated carbocycles. The summed E-state index contributed by atoms with van der Waals surface area (Å²) in [5, 5.41) is 9.96. The van der Waals surface area contributed by atoms with Gasteiger partial charge in [-0.25, -0.2) is 15.0 Å². The number of aromatic nitrogens is 4. The molecule has 3 rings (SSSR count). The number of nitrogen functional groups attached to an aromatic ring is 1. The number of imidazole rings is 1. The quantitative estimate of drug-likeness (QED) is 0.678. The number of benzene rings is 1. The second-order valence-corrected chi connectivity index (χ2v) is 4.29. The number of anilines is 1. The molecule has 20 heavy (non-hydrogen) atoms. The summed E-state index contributed by atoms with van der Waals surface area (Å²) in [5.41, 5.74) is 8.26. The SMILES string of the molecule is C#Cc1ccc(Cn2cnc3c(N)ncnc32)c(O)c1. The molecule has 0 aliphatic carbocycles. The van der Waals surface area contributed by atoms with Crippen LogP contribution in [-0.2, 0) is 6.54 Å². The van der Waals surface area contributed by atoms with Gasteiger partial charge in [-0.15, -0.1) is 6.42 Å². The third-order valence-electron chi connectivity index (χ3n) is 3.02. The van der Waals surface area contributed by atoms with Crippen LogP contribution in [0.25, 0.3) is 11.2 Å². The smallest absolute Gasteiger partial charge is 0.165 e. The van der Waals surface area contributed by atoms with Crippen LogP contribution >= 0.6 is 0 Å². The Kier molecular flexibility index (Phi) is 2.73. The number of hydrogen-bond donors (Lipinski definition) is 2. The maximum Gasteiger partial charge on any atom is 0.165 e. The van der Waals surface area contributed by atoms with Crippen molar-refractivity contribution in [3.05, 3.63) is 42.0 Å². The van der Waals surface area contributed by atoms with Gasteiger partial charge in [0.15, 0.2) is 11.5 Å². The Hall–Kier alpha value is -3.07. The number of phenolic OH excluding ortho intramolecular Hbond substituents is 1. The summed E-state index contributed by atoms with van der Waals surface area (Å²) in [4.78, 5) is 12.2. The van der Waals surface area contributed by atoms with Gasteiger partial charge < -0.3 is 15.4 Å². The Balaban J connectivity index is 2.02. The highest BCUT2D eigenvalue weighted by molar-refractivity contribution is 5.81. The molecule has 0 amide bonds. The molecule has 0 radical (unpaired) electrons. The molecule has 0 fully saturated rings. The van der Waals surface area contributed by atoms with E-state index in [1.54, 1.807) is 29.1 Å². The van der Waals surface area contributed by atoms with E-state index < -0.39 is 0 Å². The standard InChI is InChI=1S/C14H11N5O/c1-2-9-3-4-10(11(20)5-9)6-19-8-18-12-13(15)16-7-17-14(12)19/h1,3-5,7-8,20H,6H2,(H2,15,16,17). The largest absolute Gasteiger partial charge is 0.508 e. The summed E-state index contributed by atoms with van der Waals surface area (Å²) in [6.07, 6.45) is 8.29. The number of nitrogens with zero attached hydrogens (tertiary/aromatic N) is 4. The number of fused-ring (bicyclic) bond motifs is 1. The average molecular weight is 265 g/mol. The lowest BCUT2D eigenvalue weighted by molar-refractivity contribution is 0.466. The highest BCUT2D eigenvalue weighted by Gasteiger charge is 2.10. The Morgan fingerprint density at radius 3 is 2.90 bits per heavy atom. The average Bonchev–Trinajstić information content (AvgIpc) is 2.86. The van der Waals surface area contributed by atoms with Crippen LogP contribution in [0.2, 0.25) is 0 Å². The molecule has 0 unspecified atom stereocenters. The lowest BCUT2D eigenvalue weighted by Crippen LogP contribution is -2.01. The van der Waals surface area contributed by atoms with Crippen molar-refractivity contribution in [3.63, 3.8) is 0 Å². The fourth-order valence-electron chi connectivity index (χ4n) is 1.99. The van der Waals surface area contributed by atoms with Crippen LogP contribution in [0.15, 0.2) is 30.9 Å². The van der Waals surface area contributed by atoms with Crippen molar-refractivity contribution in [1.29, 1.82) is 0 Å². The van der Waals surface area contributed by atoms with E-state index in [1.807, 2.05) is 0 Å². The van der Waals surface area contributed by atoms with Crippen LogP contribution in [-0.4, -0.2) is 24.6 Å². The zero-order chi connectivity index (χ0) is 14.1. The third-order valence-corrected chi connectivity index (χ3v) is 3.02. The van der Waals surface area contributed by atoms with Gasteiger partial charge in [0.1, 0.15) is 17.6 Å². The normalized spacial score (nSPS) is 10.6. The molecule has 2 aromatic heterocycles. The van der Waals surface area contributed by atoms with Crippen molar-refractivity contribution in [3.8, 4) is 18.1 Å². The fraction of sp³-hybridized carbons (Fsp3) is 0.0714. The van der Waals surface area contributed by atoms with E-state index in [0.717, 1.165) is 5.56 Å². The molecule has 0 saturated heterocycles. The van der Waals surface area contributed by atoms with Crippen molar-refractivity contribution in [1.82, 2.24) is 19.5 Å². The zero-order valence-corrected chi connectivity index (χ0v) is 10.5. The molecule has 0 aliphatic heterocycles. The summed E-state index contributed by atoms with van der Waals surface area (Å²) in [6.45, 7) is 0.420. The van der Waals surface area contributed by atoms with Crippen molar-refractivity contribution in [2.75, 3.05) is 5.73 Å². The van der Waals surface area contributed by atoms with Gasteiger partial charge >= 0.3 is 0 Å². The second-order valence-electron chi connectivity index (χ2n) is 4.29. The maximum atomic E-state index is 9.96. The van der Waals surface area contributed by atoms with E-state index in [1.165, 1.54) is 6.33 Å².